The van der Waals surface area contributed by atoms with Crippen molar-refractivity contribution in [3.05, 3.63) is 34.4 Å². The van der Waals surface area contributed by atoms with Crippen LogP contribution in [0.2, 0.25) is 0 Å². The quantitative estimate of drug-likeness (QED) is 0.754. The Bertz CT molecular complexity index is 871. The Morgan fingerprint density at radius 3 is 2.62 bits per heavy atom. The average Bonchev–Trinajstić information content (AvgIpc) is 2.94. The van der Waals surface area contributed by atoms with Crippen LogP contribution in [0.15, 0.2) is 27.6 Å². The Labute approximate surface area is 171 Å². The van der Waals surface area contributed by atoms with Crippen LogP contribution in [0, 0.1) is 28.6 Å². The molecule has 5 rings (SSSR count). The molecule has 0 aromatic carbocycles. The first-order valence-electron chi connectivity index (χ1n) is 11.2. The standard InChI is InChI=1S/C24H32O5/c1-22-9-7-16(25)11-15(22)4-5-18-21(22)19(26)12-23(2)17(8-10-24(18,23)28)14-3-6-20(27)29-13-14/h3,6,13,15,17-19,21,26,28H,4-5,7-12H2,1-2H3/t15-,17-,18+,19-,21-,22+,23+,24-/m1/s1. The van der Waals surface area contributed by atoms with E-state index in [1.807, 2.05) is 6.07 Å². The molecule has 0 radical (unpaired) electrons. The van der Waals surface area contributed by atoms with Crippen LogP contribution in [0.25, 0.3) is 0 Å². The number of ketones is 1. The molecule has 0 unspecified atom stereocenters. The van der Waals surface area contributed by atoms with Gasteiger partial charge in [-0.25, -0.2) is 4.79 Å². The topological polar surface area (TPSA) is 87.7 Å². The molecule has 5 nitrogen and oxygen atoms in total. The van der Waals surface area contributed by atoms with Gasteiger partial charge in [0.25, 0.3) is 0 Å². The summed E-state index contributed by atoms with van der Waals surface area (Å²) in [6.45, 7) is 4.38. The first-order valence-corrected chi connectivity index (χ1v) is 11.2. The molecule has 158 valence electrons. The molecule has 8 atom stereocenters. The fraction of sp³-hybridized carbons (Fsp3) is 0.750. The van der Waals surface area contributed by atoms with Crippen molar-refractivity contribution in [3.63, 3.8) is 0 Å². The molecule has 0 bridgehead atoms. The van der Waals surface area contributed by atoms with Crippen LogP contribution < -0.4 is 5.63 Å². The Kier molecular flexibility index (Phi) is 4.22. The van der Waals surface area contributed by atoms with Gasteiger partial charge in [-0.3, -0.25) is 4.79 Å². The number of hydrogen-bond donors (Lipinski definition) is 2. The van der Waals surface area contributed by atoms with Gasteiger partial charge in [0.05, 0.1) is 18.0 Å². The highest BCUT2D eigenvalue weighted by atomic mass is 16.4. The molecule has 1 aromatic rings. The van der Waals surface area contributed by atoms with Crippen molar-refractivity contribution in [2.24, 2.45) is 28.6 Å². The molecule has 0 saturated heterocycles. The molecule has 5 heteroatoms. The third-order valence-electron chi connectivity index (χ3n) is 9.73. The van der Waals surface area contributed by atoms with Gasteiger partial charge >= 0.3 is 5.63 Å². The molecule has 4 saturated carbocycles. The fourth-order valence-electron chi connectivity index (χ4n) is 8.22. The number of rotatable bonds is 1. The van der Waals surface area contributed by atoms with Crippen LogP contribution in [0.1, 0.15) is 76.7 Å². The molecular formula is C24H32O5. The zero-order valence-corrected chi connectivity index (χ0v) is 17.4. The van der Waals surface area contributed by atoms with Crippen molar-refractivity contribution >= 4 is 5.78 Å². The van der Waals surface area contributed by atoms with Gasteiger partial charge in [0.1, 0.15) is 5.78 Å². The van der Waals surface area contributed by atoms with E-state index in [0.717, 1.165) is 31.2 Å². The number of aliphatic hydroxyl groups excluding tert-OH is 1. The lowest BCUT2D eigenvalue weighted by atomic mass is 9.42. The number of Topliss-reactive ketones (excluding diaryl/α,β-unsaturated/α-hetero) is 1. The summed E-state index contributed by atoms with van der Waals surface area (Å²) < 4.78 is 5.13. The third-order valence-corrected chi connectivity index (χ3v) is 9.73. The number of fused-ring (bicyclic) bond motifs is 5. The molecular weight excluding hydrogens is 368 g/mol. The molecule has 0 amide bonds. The molecule has 0 aliphatic heterocycles. The maximum Gasteiger partial charge on any atom is 0.335 e. The van der Waals surface area contributed by atoms with Gasteiger partial charge in [-0.2, -0.15) is 0 Å². The predicted molar refractivity (Wildman–Crippen MR) is 107 cm³/mol. The van der Waals surface area contributed by atoms with Gasteiger partial charge in [0.15, 0.2) is 0 Å². The summed E-state index contributed by atoms with van der Waals surface area (Å²) in [5.41, 5.74) is -0.801. The largest absolute Gasteiger partial charge is 0.431 e. The molecule has 4 aliphatic carbocycles. The van der Waals surface area contributed by atoms with Gasteiger partial charge in [-0.15, -0.1) is 0 Å². The summed E-state index contributed by atoms with van der Waals surface area (Å²) in [4.78, 5) is 23.5. The zero-order chi connectivity index (χ0) is 20.6. The zero-order valence-electron chi connectivity index (χ0n) is 17.4. The summed E-state index contributed by atoms with van der Waals surface area (Å²) in [5.74, 6) is 0.830. The van der Waals surface area contributed by atoms with E-state index in [-0.39, 0.29) is 28.8 Å². The number of hydrogen-bond acceptors (Lipinski definition) is 5. The van der Waals surface area contributed by atoms with Crippen molar-refractivity contribution in [2.75, 3.05) is 0 Å². The van der Waals surface area contributed by atoms with E-state index in [9.17, 15) is 19.8 Å². The second-order valence-corrected chi connectivity index (χ2v) is 10.7. The van der Waals surface area contributed by atoms with Crippen LogP contribution in [0.5, 0.6) is 0 Å². The Morgan fingerprint density at radius 1 is 1.10 bits per heavy atom. The van der Waals surface area contributed by atoms with Crippen LogP contribution in [0.4, 0.5) is 0 Å². The maximum absolute atomic E-state index is 12.2. The predicted octanol–water partition coefficient (Wildman–Crippen LogP) is 3.42. The summed E-state index contributed by atoms with van der Waals surface area (Å²) in [5, 5.41) is 23.6. The van der Waals surface area contributed by atoms with E-state index < -0.39 is 17.1 Å². The monoisotopic (exact) mass is 400 g/mol. The van der Waals surface area contributed by atoms with E-state index in [1.54, 1.807) is 0 Å². The van der Waals surface area contributed by atoms with Crippen LogP contribution in [-0.4, -0.2) is 27.7 Å². The molecule has 0 spiro atoms. The lowest BCUT2D eigenvalue weighted by Crippen LogP contribution is -2.66. The van der Waals surface area contributed by atoms with Gasteiger partial charge in [0.2, 0.25) is 0 Å². The molecule has 29 heavy (non-hydrogen) atoms. The van der Waals surface area contributed by atoms with Gasteiger partial charge < -0.3 is 14.6 Å². The van der Waals surface area contributed by atoms with Crippen molar-refractivity contribution in [2.45, 2.75) is 82.8 Å². The Balaban J connectivity index is 1.53. The van der Waals surface area contributed by atoms with Gasteiger partial charge in [-0.05, 0) is 79.2 Å². The normalized spacial score (nSPS) is 49.2. The summed E-state index contributed by atoms with van der Waals surface area (Å²) in [6, 6.07) is 3.26. The minimum atomic E-state index is -0.840. The SMILES string of the molecule is C[C@]12CCC(=O)C[C@H]1CC[C@H]1[C@@H]2[C@H](O)C[C@@]2(C)[C@@H](c3ccc(=O)oc3)CC[C@@]12O. The van der Waals surface area contributed by atoms with Crippen molar-refractivity contribution in [3.8, 4) is 0 Å². The summed E-state index contributed by atoms with van der Waals surface area (Å²) >= 11 is 0. The van der Waals surface area contributed by atoms with E-state index in [0.29, 0.717) is 37.4 Å². The Morgan fingerprint density at radius 2 is 1.90 bits per heavy atom. The molecule has 1 heterocycles. The second kappa shape index (κ2) is 6.27. The minimum Gasteiger partial charge on any atom is -0.431 e. The first kappa shape index (κ1) is 19.5. The lowest BCUT2D eigenvalue weighted by molar-refractivity contribution is -0.235. The maximum atomic E-state index is 12.2. The van der Waals surface area contributed by atoms with Crippen molar-refractivity contribution < 1.29 is 19.4 Å². The number of carbonyl (C=O) groups is 1. The summed E-state index contributed by atoms with van der Waals surface area (Å²) in [7, 11) is 0. The second-order valence-electron chi connectivity index (χ2n) is 10.7. The van der Waals surface area contributed by atoms with Crippen LogP contribution in [-0.2, 0) is 4.79 Å². The fourth-order valence-corrected chi connectivity index (χ4v) is 8.22. The Hall–Kier alpha value is -1.46. The average molecular weight is 401 g/mol. The smallest absolute Gasteiger partial charge is 0.335 e. The lowest BCUT2D eigenvalue weighted by Gasteiger charge is -2.64. The number of aliphatic hydroxyl groups is 2. The highest BCUT2D eigenvalue weighted by Crippen LogP contribution is 2.70. The van der Waals surface area contributed by atoms with Crippen molar-refractivity contribution in [1.29, 1.82) is 0 Å². The molecule has 4 aliphatic rings. The van der Waals surface area contributed by atoms with Gasteiger partial charge in [-0.1, -0.05) is 13.8 Å². The van der Waals surface area contributed by atoms with Crippen molar-refractivity contribution in [1.82, 2.24) is 0 Å². The molecule has 2 N–H and O–H groups in total. The van der Waals surface area contributed by atoms with Gasteiger partial charge in [0, 0.05) is 24.3 Å². The minimum absolute atomic E-state index is 0.0416. The van der Waals surface area contributed by atoms with E-state index in [4.69, 9.17) is 4.42 Å². The molecule has 1 aromatic heterocycles. The highest BCUT2D eigenvalue weighted by Gasteiger charge is 2.69. The molecule has 4 fully saturated rings. The van der Waals surface area contributed by atoms with E-state index >= 15 is 0 Å². The third kappa shape index (κ3) is 2.53. The van der Waals surface area contributed by atoms with Crippen LogP contribution in [0.3, 0.4) is 0 Å². The highest BCUT2D eigenvalue weighted by molar-refractivity contribution is 5.79. The summed E-state index contributed by atoms with van der Waals surface area (Å²) in [6.07, 6.45) is 7.03. The number of carbonyl (C=O) groups excluding carboxylic acids is 1. The van der Waals surface area contributed by atoms with Crippen LogP contribution >= 0.6 is 0 Å². The first-order chi connectivity index (χ1) is 13.7. The van der Waals surface area contributed by atoms with E-state index in [1.165, 1.54) is 12.3 Å². The van der Waals surface area contributed by atoms with E-state index in [2.05, 4.69) is 13.8 Å².